The average Bonchev–Trinajstić information content (AvgIpc) is 1.98. The second kappa shape index (κ2) is 4.94. The molecule has 0 heterocycles. The maximum absolute atomic E-state index is 5.72. The fourth-order valence-corrected chi connectivity index (χ4v) is 1.74. The molecule has 1 atom stereocenters. The molecule has 0 radical (unpaired) electrons. The summed E-state index contributed by atoms with van der Waals surface area (Å²) in [5, 5.41) is 3.60. The zero-order valence-corrected chi connectivity index (χ0v) is 9.09. The number of hydrogen-bond donors (Lipinski definition) is 2. The molecule has 1 aliphatic rings. The number of nitrogens with two attached hydrogens (primary N) is 1. The van der Waals surface area contributed by atoms with Crippen molar-refractivity contribution in [1.29, 1.82) is 0 Å². The lowest BCUT2D eigenvalue weighted by atomic mass is 9.87. The molecule has 1 rings (SSSR count). The third kappa shape index (κ3) is 4.07. The van der Waals surface area contributed by atoms with Gasteiger partial charge in [-0.15, -0.1) is 0 Å². The quantitative estimate of drug-likeness (QED) is 0.652. The Morgan fingerprint density at radius 2 is 2.08 bits per heavy atom. The van der Waals surface area contributed by atoms with Crippen LogP contribution in [0.5, 0.6) is 0 Å². The Labute approximate surface area is 81.7 Å². The van der Waals surface area contributed by atoms with Crippen LogP contribution < -0.4 is 11.1 Å². The molecule has 1 unspecified atom stereocenters. The van der Waals surface area contributed by atoms with Crippen molar-refractivity contribution in [3.8, 4) is 0 Å². The van der Waals surface area contributed by atoms with E-state index in [4.69, 9.17) is 5.73 Å². The maximum Gasteiger partial charge on any atom is 0.00990 e. The molecule has 1 saturated carbocycles. The van der Waals surface area contributed by atoms with E-state index in [1.165, 1.54) is 6.42 Å². The lowest BCUT2D eigenvalue weighted by Crippen LogP contribution is -2.51. The number of hydrogen-bond acceptors (Lipinski definition) is 3. The molecule has 0 aromatic rings. The second-order valence-electron chi connectivity index (χ2n) is 4.59. The van der Waals surface area contributed by atoms with Gasteiger partial charge in [0.2, 0.25) is 0 Å². The minimum absolute atomic E-state index is 0.457. The van der Waals surface area contributed by atoms with E-state index in [1.807, 2.05) is 0 Å². The largest absolute Gasteiger partial charge is 0.328 e. The summed E-state index contributed by atoms with van der Waals surface area (Å²) >= 11 is 0. The van der Waals surface area contributed by atoms with Gasteiger partial charge in [-0.1, -0.05) is 0 Å². The van der Waals surface area contributed by atoms with Gasteiger partial charge < -0.3 is 16.0 Å². The molecule has 3 heteroatoms. The minimum Gasteiger partial charge on any atom is -0.328 e. The van der Waals surface area contributed by atoms with Gasteiger partial charge in [0.15, 0.2) is 0 Å². The van der Waals surface area contributed by atoms with Gasteiger partial charge in [-0.25, -0.2) is 0 Å². The molecule has 0 spiro atoms. The van der Waals surface area contributed by atoms with Crippen molar-refractivity contribution >= 4 is 0 Å². The molecule has 0 aromatic carbocycles. The first kappa shape index (κ1) is 11.0. The lowest BCUT2D eigenvalue weighted by molar-refractivity contribution is 0.257. The van der Waals surface area contributed by atoms with Crippen molar-refractivity contribution in [3.63, 3.8) is 0 Å². The van der Waals surface area contributed by atoms with E-state index in [2.05, 4.69) is 31.2 Å². The standard InChI is InChI=1S/C10H23N3/c1-8(4-5-13(2)3)12-10-6-9(11)7-10/h8-10,12H,4-7,11H2,1-3H3. The Morgan fingerprint density at radius 1 is 1.46 bits per heavy atom. The number of nitrogens with zero attached hydrogens (tertiary/aromatic N) is 1. The Kier molecular flexibility index (Phi) is 4.16. The van der Waals surface area contributed by atoms with Gasteiger partial charge >= 0.3 is 0 Å². The third-order valence-electron chi connectivity index (χ3n) is 2.70. The smallest absolute Gasteiger partial charge is 0.00990 e. The highest BCUT2D eigenvalue weighted by atomic mass is 15.1. The van der Waals surface area contributed by atoms with Gasteiger partial charge in [0, 0.05) is 18.1 Å². The highest BCUT2D eigenvalue weighted by Crippen LogP contribution is 2.18. The van der Waals surface area contributed by atoms with Gasteiger partial charge in [-0.3, -0.25) is 0 Å². The van der Waals surface area contributed by atoms with Crippen LogP contribution in [-0.2, 0) is 0 Å². The molecule has 13 heavy (non-hydrogen) atoms. The zero-order chi connectivity index (χ0) is 9.84. The van der Waals surface area contributed by atoms with Crippen molar-refractivity contribution in [2.24, 2.45) is 5.73 Å². The lowest BCUT2D eigenvalue weighted by Gasteiger charge is -2.35. The zero-order valence-electron chi connectivity index (χ0n) is 9.09. The van der Waals surface area contributed by atoms with Crippen LogP contribution >= 0.6 is 0 Å². The van der Waals surface area contributed by atoms with Crippen LogP contribution in [0.3, 0.4) is 0 Å². The van der Waals surface area contributed by atoms with Crippen molar-refractivity contribution in [2.45, 2.75) is 44.3 Å². The molecular formula is C10H23N3. The van der Waals surface area contributed by atoms with Crippen LogP contribution in [0, 0.1) is 0 Å². The predicted octanol–water partition coefficient (Wildman–Crippen LogP) is 0.406. The predicted molar refractivity (Wildman–Crippen MR) is 56.8 cm³/mol. The molecule has 1 aliphatic carbocycles. The molecule has 78 valence electrons. The molecule has 0 aromatic heterocycles. The first-order valence-corrected chi connectivity index (χ1v) is 5.24. The van der Waals surface area contributed by atoms with Crippen molar-refractivity contribution in [2.75, 3.05) is 20.6 Å². The molecule has 0 amide bonds. The van der Waals surface area contributed by atoms with E-state index in [1.54, 1.807) is 0 Å². The highest BCUT2D eigenvalue weighted by molar-refractivity contribution is 4.88. The summed E-state index contributed by atoms with van der Waals surface area (Å²) in [4.78, 5) is 2.23. The summed E-state index contributed by atoms with van der Waals surface area (Å²) in [7, 11) is 4.23. The van der Waals surface area contributed by atoms with Gasteiger partial charge in [-0.05, 0) is 46.8 Å². The summed E-state index contributed by atoms with van der Waals surface area (Å²) in [6.07, 6.45) is 3.54. The Morgan fingerprint density at radius 3 is 2.54 bits per heavy atom. The summed E-state index contributed by atoms with van der Waals surface area (Å²) in [6.45, 7) is 3.42. The topological polar surface area (TPSA) is 41.3 Å². The van der Waals surface area contributed by atoms with Crippen LogP contribution in [0.15, 0.2) is 0 Å². The number of rotatable bonds is 5. The van der Waals surface area contributed by atoms with Gasteiger partial charge in [0.05, 0.1) is 0 Å². The van der Waals surface area contributed by atoms with Crippen LogP contribution in [0.2, 0.25) is 0 Å². The summed E-state index contributed by atoms with van der Waals surface area (Å²) < 4.78 is 0. The molecular weight excluding hydrogens is 162 g/mol. The van der Waals surface area contributed by atoms with Gasteiger partial charge in [-0.2, -0.15) is 0 Å². The van der Waals surface area contributed by atoms with Gasteiger partial charge in [0.1, 0.15) is 0 Å². The van der Waals surface area contributed by atoms with E-state index >= 15 is 0 Å². The van der Waals surface area contributed by atoms with E-state index in [0.717, 1.165) is 19.4 Å². The second-order valence-corrected chi connectivity index (χ2v) is 4.59. The summed E-state index contributed by atoms with van der Waals surface area (Å²) in [5.41, 5.74) is 5.72. The average molecular weight is 185 g/mol. The summed E-state index contributed by atoms with van der Waals surface area (Å²) in [5.74, 6) is 0. The van der Waals surface area contributed by atoms with E-state index in [-0.39, 0.29) is 0 Å². The first-order chi connectivity index (χ1) is 6.08. The molecule has 0 saturated heterocycles. The van der Waals surface area contributed by atoms with Crippen molar-refractivity contribution in [1.82, 2.24) is 10.2 Å². The summed E-state index contributed by atoms with van der Waals surface area (Å²) in [6, 6.07) is 1.77. The SMILES string of the molecule is CC(CCN(C)C)NC1CC(N)C1. The molecule has 3 nitrogen and oxygen atoms in total. The Balaban J connectivity index is 2.01. The normalized spacial score (nSPS) is 30.2. The highest BCUT2D eigenvalue weighted by Gasteiger charge is 2.26. The Hall–Kier alpha value is -0.120. The fourth-order valence-electron chi connectivity index (χ4n) is 1.74. The molecule has 0 bridgehead atoms. The van der Waals surface area contributed by atoms with Crippen LogP contribution in [-0.4, -0.2) is 43.7 Å². The Bertz CT molecular complexity index is 141. The van der Waals surface area contributed by atoms with Gasteiger partial charge in [0.25, 0.3) is 0 Å². The molecule has 1 fully saturated rings. The minimum atomic E-state index is 0.457. The third-order valence-corrected chi connectivity index (χ3v) is 2.70. The first-order valence-electron chi connectivity index (χ1n) is 5.24. The monoisotopic (exact) mass is 185 g/mol. The van der Waals surface area contributed by atoms with Crippen LogP contribution in [0.25, 0.3) is 0 Å². The van der Waals surface area contributed by atoms with Crippen LogP contribution in [0.4, 0.5) is 0 Å². The van der Waals surface area contributed by atoms with E-state index in [9.17, 15) is 0 Å². The fraction of sp³-hybridized carbons (Fsp3) is 1.00. The molecule has 0 aliphatic heterocycles. The van der Waals surface area contributed by atoms with E-state index < -0.39 is 0 Å². The van der Waals surface area contributed by atoms with Crippen molar-refractivity contribution < 1.29 is 0 Å². The van der Waals surface area contributed by atoms with E-state index in [0.29, 0.717) is 18.1 Å². The van der Waals surface area contributed by atoms with Crippen LogP contribution in [0.1, 0.15) is 26.2 Å². The number of nitrogens with one attached hydrogen (secondary N) is 1. The molecule has 3 N–H and O–H groups in total. The maximum atomic E-state index is 5.72. The van der Waals surface area contributed by atoms with Crippen molar-refractivity contribution in [3.05, 3.63) is 0 Å².